The highest BCUT2D eigenvalue weighted by Crippen LogP contribution is 2.31. The molecule has 0 heterocycles. The largest absolute Gasteiger partial charge is 0.299 e. The molecule has 0 N–H and O–H groups in total. The van der Waals surface area contributed by atoms with Crippen LogP contribution in [-0.4, -0.2) is 5.78 Å². The van der Waals surface area contributed by atoms with E-state index in [-0.39, 0.29) is 30.1 Å². The van der Waals surface area contributed by atoms with Gasteiger partial charge in [0.2, 0.25) is 0 Å². The molecule has 0 aromatic heterocycles. The molecule has 1 aliphatic rings. The molecule has 0 saturated heterocycles. The molecule has 2 rings (SSSR count). The Morgan fingerprint density at radius 1 is 1.19 bits per heavy atom. The first kappa shape index (κ1) is 11.2. The number of benzene rings is 1. The van der Waals surface area contributed by atoms with Gasteiger partial charge in [0, 0.05) is 12.3 Å². The second-order valence-electron chi connectivity index (χ2n) is 4.08. The zero-order chi connectivity index (χ0) is 11.7. The third-order valence-electron chi connectivity index (χ3n) is 2.79. The van der Waals surface area contributed by atoms with Gasteiger partial charge in [0.15, 0.2) is 17.5 Å². The van der Waals surface area contributed by atoms with Crippen molar-refractivity contribution >= 4 is 5.78 Å². The zero-order valence-corrected chi connectivity index (χ0v) is 8.60. The Kier molecular flexibility index (Phi) is 2.99. The number of rotatable bonds is 4. The van der Waals surface area contributed by atoms with Crippen LogP contribution in [0.5, 0.6) is 0 Å². The molecule has 1 aromatic rings. The van der Waals surface area contributed by atoms with Gasteiger partial charge in [0.05, 0.1) is 0 Å². The van der Waals surface area contributed by atoms with E-state index in [0.29, 0.717) is 0 Å². The van der Waals surface area contributed by atoms with Gasteiger partial charge in [-0.3, -0.25) is 4.79 Å². The first-order chi connectivity index (χ1) is 7.59. The lowest BCUT2D eigenvalue weighted by molar-refractivity contribution is -0.120. The predicted octanol–water partition coefficient (Wildman–Crippen LogP) is 3.02. The number of hydrogen-bond donors (Lipinski definition) is 0. The average Bonchev–Trinajstić information content (AvgIpc) is 3.08. The molecule has 1 aromatic carbocycles. The van der Waals surface area contributed by atoms with Crippen molar-refractivity contribution in [3.63, 3.8) is 0 Å². The summed E-state index contributed by atoms with van der Waals surface area (Å²) in [7, 11) is 0. The fourth-order valence-corrected chi connectivity index (χ4v) is 1.63. The maximum absolute atomic E-state index is 13.2. The van der Waals surface area contributed by atoms with Crippen molar-refractivity contribution in [3.8, 4) is 0 Å². The Labute approximate surface area is 91.3 Å². The van der Waals surface area contributed by atoms with Gasteiger partial charge >= 0.3 is 0 Å². The van der Waals surface area contributed by atoms with Gasteiger partial charge in [-0.2, -0.15) is 0 Å². The minimum Gasteiger partial charge on any atom is -0.299 e. The summed E-state index contributed by atoms with van der Waals surface area (Å²) in [6.07, 6.45) is 2.14. The molecule has 1 aliphatic carbocycles. The van der Waals surface area contributed by atoms with E-state index < -0.39 is 17.5 Å². The van der Waals surface area contributed by atoms with E-state index in [1.807, 2.05) is 0 Å². The van der Waals surface area contributed by atoms with E-state index in [2.05, 4.69) is 0 Å². The number of ketones is 1. The summed E-state index contributed by atoms with van der Waals surface area (Å²) in [5, 5.41) is 0. The van der Waals surface area contributed by atoms with Gasteiger partial charge in [-0.25, -0.2) is 13.2 Å². The smallest absolute Gasteiger partial charge is 0.194 e. The van der Waals surface area contributed by atoms with Crippen molar-refractivity contribution in [3.05, 3.63) is 35.1 Å². The molecule has 1 fully saturated rings. The second kappa shape index (κ2) is 4.28. The Morgan fingerprint density at radius 3 is 2.50 bits per heavy atom. The molecular formula is C12H11F3O. The fourth-order valence-electron chi connectivity index (χ4n) is 1.63. The van der Waals surface area contributed by atoms with Gasteiger partial charge in [-0.1, -0.05) is 6.07 Å². The second-order valence-corrected chi connectivity index (χ2v) is 4.08. The molecule has 4 heteroatoms. The summed E-state index contributed by atoms with van der Waals surface area (Å²) in [5.41, 5.74) is 0.0629. The third-order valence-corrected chi connectivity index (χ3v) is 2.79. The number of hydrogen-bond acceptors (Lipinski definition) is 1. The quantitative estimate of drug-likeness (QED) is 0.724. The van der Waals surface area contributed by atoms with Crippen LogP contribution in [0.4, 0.5) is 13.2 Å². The highest BCUT2D eigenvalue weighted by Gasteiger charge is 2.29. The Bertz CT molecular complexity index is 425. The number of halogens is 3. The fraction of sp³-hybridized carbons (Fsp3) is 0.417. The number of aryl methyl sites for hydroxylation is 1. The molecule has 16 heavy (non-hydrogen) atoms. The zero-order valence-electron chi connectivity index (χ0n) is 8.60. The van der Waals surface area contributed by atoms with Crippen LogP contribution in [0.25, 0.3) is 0 Å². The van der Waals surface area contributed by atoms with E-state index >= 15 is 0 Å². The highest BCUT2D eigenvalue weighted by atomic mass is 19.2. The summed E-state index contributed by atoms with van der Waals surface area (Å²) in [4.78, 5) is 11.4. The molecule has 0 radical (unpaired) electrons. The lowest BCUT2D eigenvalue weighted by Gasteiger charge is -2.03. The number of carbonyl (C=O) groups excluding carboxylic acids is 1. The van der Waals surface area contributed by atoms with Crippen LogP contribution >= 0.6 is 0 Å². The Hall–Kier alpha value is -1.32. The van der Waals surface area contributed by atoms with Crippen LogP contribution in [0.2, 0.25) is 0 Å². The van der Waals surface area contributed by atoms with Gasteiger partial charge in [-0.05, 0) is 30.9 Å². The minimum absolute atomic E-state index is 0.0629. The molecule has 0 atom stereocenters. The highest BCUT2D eigenvalue weighted by molar-refractivity contribution is 5.83. The van der Waals surface area contributed by atoms with Crippen molar-refractivity contribution in [1.29, 1.82) is 0 Å². The van der Waals surface area contributed by atoms with Crippen molar-refractivity contribution in [2.75, 3.05) is 0 Å². The topological polar surface area (TPSA) is 17.1 Å². The summed E-state index contributed by atoms with van der Waals surface area (Å²) in [5.74, 6) is -3.63. The SMILES string of the molecule is O=C(CCc1ccc(F)c(F)c1F)C1CC1. The monoisotopic (exact) mass is 228 g/mol. The molecule has 0 aliphatic heterocycles. The van der Waals surface area contributed by atoms with Crippen LogP contribution in [0.3, 0.4) is 0 Å². The van der Waals surface area contributed by atoms with Crippen LogP contribution < -0.4 is 0 Å². The number of Topliss-reactive ketones (excluding diaryl/α,β-unsaturated/α-hetero) is 1. The molecule has 1 nitrogen and oxygen atoms in total. The first-order valence-corrected chi connectivity index (χ1v) is 5.24. The van der Waals surface area contributed by atoms with E-state index in [1.165, 1.54) is 6.07 Å². The standard InChI is InChI=1S/C12H11F3O/c13-9-5-3-8(11(14)12(9)15)4-6-10(16)7-1-2-7/h3,5,7H,1-2,4,6H2. The average molecular weight is 228 g/mol. The van der Waals surface area contributed by atoms with Crippen molar-refractivity contribution in [2.24, 2.45) is 5.92 Å². The molecule has 0 unspecified atom stereocenters. The van der Waals surface area contributed by atoms with Gasteiger partial charge in [0.25, 0.3) is 0 Å². The summed E-state index contributed by atoms with van der Waals surface area (Å²) >= 11 is 0. The van der Waals surface area contributed by atoms with Crippen LogP contribution in [-0.2, 0) is 11.2 Å². The normalized spacial score (nSPS) is 15.2. The predicted molar refractivity (Wildman–Crippen MR) is 52.4 cm³/mol. The minimum atomic E-state index is -1.46. The van der Waals surface area contributed by atoms with Crippen molar-refractivity contribution < 1.29 is 18.0 Å². The van der Waals surface area contributed by atoms with E-state index in [0.717, 1.165) is 18.9 Å². The summed E-state index contributed by atoms with van der Waals surface area (Å²) in [6.45, 7) is 0. The summed E-state index contributed by atoms with van der Waals surface area (Å²) < 4.78 is 38.7. The molecule has 1 saturated carbocycles. The van der Waals surface area contributed by atoms with E-state index in [4.69, 9.17) is 0 Å². The van der Waals surface area contributed by atoms with Gasteiger partial charge in [-0.15, -0.1) is 0 Å². The maximum Gasteiger partial charge on any atom is 0.194 e. The molecular weight excluding hydrogens is 217 g/mol. The van der Waals surface area contributed by atoms with E-state index in [9.17, 15) is 18.0 Å². The third kappa shape index (κ3) is 2.26. The van der Waals surface area contributed by atoms with Crippen molar-refractivity contribution in [1.82, 2.24) is 0 Å². The lowest BCUT2D eigenvalue weighted by atomic mass is 10.0. The maximum atomic E-state index is 13.2. The van der Waals surface area contributed by atoms with Gasteiger partial charge in [0.1, 0.15) is 5.78 Å². The first-order valence-electron chi connectivity index (χ1n) is 5.24. The molecule has 0 bridgehead atoms. The van der Waals surface area contributed by atoms with Gasteiger partial charge < -0.3 is 0 Å². The van der Waals surface area contributed by atoms with E-state index in [1.54, 1.807) is 0 Å². The Balaban J connectivity index is 2.03. The summed E-state index contributed by atoms with van der Waals surface area (Å²) in [6, 6.07) is 2.07. The van der Waals surface area contributed by atoms with Crippen LogP contribution in [0.15, 0.2) is 12.1 Å². The van der Waals surface area contributed by atoms with Crippen molar-refractivity contribution in [2.45, 2.75) is 25.7 Å². The lowest BCUT2D eigenvalue weighted by Crippen LogP contribution is -2.04. The molecule has 86 valence electrons. The van der Waals surface area contributed by atoms with Crippen LogP contribution in [0.1, 0.15) is 24.8 Å². The number of carbonyl (C=O) groups is 1. The Morgan fingerprint density at radius 2 is 1.88 bits per heavy atom. The molecule has 0 spiro atoms. The molecule has 0 amide bonds. The van der Waals surface area contributed by atoms with Crippen LogP contribution in [0, 0.1) is 23.4 Å².